The molecule has 1 saturated heterocycles. The molecule has 8 heteroatoms. The van der Waals surface area contributed by atoms with Crippen LogP contribution in [0.25, 0.3) is 22.0 Å². The molecule has 0 atom stereocenters. The van der Waals surface area contributed by atoms with Crippen LogP contribution in [0.15, 0.2) is 59.8 Å². The average molecular weight is 440 g/mol. The van der Waals surface area contributed by atoms with Crippen molar-refractivity contribution in [2.45, 2.75) is 19.4 Å². The van der Waals surface area contributed by atoms with Crippen molar-refractivity contribution < 1.29 is 0 Å². The molecule has 33 heavy (non-hydrogen) atoms. The molecule has 1 aliphatic heterocycles. The van der Waals surface area contributed by atoms with Crippen LogP contribution in [-0.4, -0.2) is 39.2 Å². The Hall–Kier alpha value is -4.04. The molecule has 166 valence electrons. The minimum atomic E-state index is -0.223. The second-order valence-corrected chi connectivity index (χ2v) is 8.31. The van der Waals surface area contributed by atoms with Crippen LogP contribution in [0.1, 0.15) is 24.0 Å². The number of nitrogens with one attached hydrogen (secondary N) is 3. The molecule has 3 aromatic heterocycles. The number of nitrogen functional groups attached to an aromatic ring is 1. The van der Waals surface area contributed by atoms with Crippen LogP contribution in [0.3, 0.4) is 0 Å². The van der Waals surface area contributed by atoms with Gasteiger partial charge in [-0.3, -0.25) is 14.7 Å². The highest BCUT2D eigenvalue weighted by molar-refractivity contribution is 5.95. The van der Waals surface area contributed by atoms with Crippen LogP contribution in [0, 0.1) is 5.41 Å². The number of anilines is 3. The fourth-order valence-corrected chi connectivity index (χ4v) is 4.29. The number of H-pyrrole nitrogens is 1. The molecule has 0 aliphatic carbocycles. The van der Waals surface area contributed by atoms with Gasteiger partial charge in [0.15, 0.2) is 0 Å². The topological polar surface area (TPSA) is 124 Å². The predicted octanol–water partition coefficient (Wildman–Crippen LogP) is 3.90. The lowest BCUT2D eigenvalue weighted by Crippen LogP contribution is -2.18. The van der Waals surface area contributed by atoms with Crippen LogP contribution in [0.4, 0.5) is 17.2 Å². The number of aromatic nitrogens is 3. The van der Waals surface area contributed by atoms with E-state index in [1.54, 1.807) is 24.5 Å². The van der Waals surface area contributed by atoms with Crippen LogP contribution in [0.2, 0.25) is 0 Å². The van der Waals surface area contributed by atoms with Crippen molar-refractivity contribution in [3.05, 3.63) is 76.5 Å². The van der Waals surface area contributed by atoms with E-state index in [-0.39, 0.29) is 5.56 Å². The van der Waals surface area contributed by atoms with Crippen LogP contribution >= 0.6 is 0 Å². The minimum absolute atomic E-state index is 0.223. The molecule has 4 aromatic rings. The Morgan fingerprint density at radius 1 is 1.15 bits per heavy atom. The minimum Gasteiger partial charge on any atom is -0.398 e. The summed E-state index contributed by atoms with van der Waals surface area (Å²) in [6, 6.07) is 11.2. The summed E-state index contributed by atoms with van der Waals surface area (Å²) in [7, 11) is 0. The smallest absolute Gasteiger partial charge is 0.259 e. The van der Waals surface area contributed by atoms with Gasteiger partial charge in [-0.1, -0.05) is 0 Å². The molecule has 1 fully saturated rings. The molecule has 4 heterocycles. The first-order chi connectivity index (χ1) is 16.1. The number of hydrogen-bond donors (Lipinski definition) is 4. The summed E-state index contributed by atoms with van der Waals surface area (Å²) in [4.78, 5) is 27.1. The fraction of sp³-hybridized carbons (Fsp3) is 0.200. The normalized spacial score (nSPS) is 13.9. The summed E-state index contributed by atoms with van der Waals surface area (Å²) in [5, 5.41) is 11.9. The number of nitrogens with zero attached hydrogens (tertiary/aromatic N) is 3. The molecule has 8 nitrogen and oxygen atoms in total. The van der Waals surface area contributed by atoms with Crippen molar-refractivity contribution >= 4 is 34.2 Å². The van der Waals surface area contributed by atoms with E-state index in [9.17, 15) is 4.79 Å². The second-order valence-electron chi connectivity index (χ2n) is 8.31. The monoisotopic (exact) mass is 439 g/mol. The van der Waals surface area contributed by atoms with Gasteiger partial charge in [0.05, 0.1) is 11.1 Å². The summed E-state index contributed by atoms with van der Waals surface area (Å²) in [6.45, 7) is 3.11. The highest BCUT2D eigenvalue weighted by Gasteiger charge is 2.15. The van der Waals surface area contributed by atoms with Gasteiger partial charge < -0.3 is 21.4 Å². The molecule has 0 bridgehead atoms. The molecule has 1 aliphatic rings. The summed E-state index contributed by atoms with van der Waals surface area (Å²) >= 11 is 0. The lowest BCUT2D eigenvalue weighted by atomic mass is 10.1. The second kappa shape index (κ2) is 8.84. The van der Waals surface area contributed by atoms with Crippen LogP contribution < -0.4 is 16.6 Å². The highest BCUT2D eigenvalue weighted by Crippen LogP contribution is 2.29. The van der Waals surface area contributed by atoms with Crippen molar-refractivity contribution in [3.8, 4) is 11.3 Å². The van der Waals surface area contributed by atoms with E-state index in [2.05, 4.69) is 26.3 Å². The Balaban J connectivity index is 1.56. The molecule has 0 spiro atoms. The Morgan fingerprint density at radius 2 is 2.00 bits per heavy atom. The van der Waals surface area contributed by atoms with Gasteiger partial charge >= 0.3 is 0 Å². The lowest BCUT2D eigenvalue weighted by molar-refractivity contribution is 0.331. The quantitative estimate of drug-likeness (QED) is 0.267. The van der Waals surface area contributed by atoms with Crippen molar-refractivity contribution in [3.63, 3.8) is 0 Å². The zero-order chi connectivity index (χ0) is 22.8. The number of fused-ring (bicyclic) bond motifs is 1. The third-order valence-corrected chi connectivity index (χ3v) is 5.95. The summed E-state index contributed by atoms with van der Waals surface area (Å²) in [5.41, 5.74) is 10.4. The van der Waals surface area contributed by atoms with Crippen molar-refractivity contribution in [2.24, 2.45) is 0 Å². The molecule has 0 unspecified atom stereocenters. The van der Waals surface area contributed by atoms with Gasteiger partial charge in [-0.15, -0.1) is 0 Å². The van der Waals surface area contributed by atoms with Gasteiger partial charge in [-0.25, -0.2) is 4.98 Å². The summed E-state index contributed by atoms with van der Waals surface area (Å²) in [6.07, 6.45) is 9.04. The molecule has 5 rings (SSSR count). The van der Waals surface area contributed by atoms with Gasteiger partial charge in [0.2, 0.25) is 0 Å². The van der Waals surface area contributed by atoms with Crippen molar-refractivity contribution in [2.75, 3.05) is 24.1 Å². The van der Waals surface area contributed by atoms with E-state index >= 15 is 0 Å². The largest absolute Gasteiger partial charge is 0.398 e. The first-order valence-corrected chi connectivity index (χ1v) is 11.0. The van der Waals surface area contributed by atoms with Crippen molar-refractivity contribution in [1.82, 2.24) is 19.9 Å². The van der Waals surface area contributed by atoms with Gasteiger partial charge in [0, 0.05) is 53.9 Å². The SMILES string of the molecule is N=Cc1ccc(Nc2nc(-c3cncc(CN4CCCC4)c3)cc3cc[nH]c(=O)c23)cc1N. The maximum atomic E-state index is 12.6. The number of hydrogen-bond acceptors (Lipinski definition) is 7. The Morgan fingerprint density at radius 3 is 2.79 bits per heavy atom. The van der Waals surface area contributed by atoms with Crippen LogP contribution in [-0.2, 0) is 6.54 Å². The number of aromatic amines is 1. The third kappa shape index (κ3) is 4.33. The molecule has 1 aromatic carbocycles. The Kier molecular flexibility index (Phi) is 5.58. The Bertz CT molecular complexity index is 1390. The Labute approximate surface area is 191 Å². The first-order valence-electron chi connectivity index (χ1n) is 11.0. The van der Waals surface area contributed by atoms with E-state index < -0.39 is 0 Å². The lowest BCUT2D eigenvalue weighted by Gasteiger charge is -2.15. The van der Waals surface area contributed by atoms with E-state index in [0.29, 0.717) is 28.1 Å². The standard InChI is InChI=1S/C25H25N7O/c26-12-18-3-4-20(11-21(18)27)30-24-23-17(5-6-29-25(23)33)10-22(31-24)19-9-16(13-28-14-19)15-32-7-1-2-8-32/h3-6,9-14,26H,1-2,7-8,15,27H2,(H,29,33)(H,30,31). The van der Waals surface area contributed by atoms with E-state index in [0.717, 1.165) is 41.8 Å². The maximum absolute atomic E-state index is 12.6. The van der Waals surface area contributed by atoms with E-state index in [1.807, 2.05) is 24.4 Å². The predicted molar refractivity (Wildman–Crippen MR) is 132 cm³/mol. The molecule has 0 amide bonds. The zero-order valence-electron chi connectivity index (χ0n) is 18.1. The molecule has 0 radical (unpaired) electrons. The van der Waals surface area contributed by atoms with Crippen LogP contribution in [0.5, 0.6) is 0 Å². The number of nitrogens with two attached hydrogens (primary N) is 1. The highest BCUT2D eigenvalue weighted by atomic mass is 16.1. The van der Waals surface area contributed by atoms with E-state index in [1.165, 1.54) is 19.1 Å². The maximum Gasteiger partial charge on any atom is 0.259 e. The van der Waals surface area contributed by atoms with E-state index in [4.69, 9.17) is 16.1 Å². The molecule has 0 saturated carbocycles. The molecule has 5 N–H and O–H groups in total. The molecular weight excluding hydrogens is 414 g/mol. The zero-order valence-corrected chi connectivity index (χ0v) is 18.1. The van der Waals surface area contributed by atoms with Gasteiger partial charge in [0.25, 0.3) is 5.56 Å². The average Bonchev–Trinajstić information content (AvgIpc) is 3.32. The number of benzene rings is 1. The van der Waals surface area contributed by atoms with Gasteiger partial charge in [-0.05, 0) is 73.3 Å². The van der Waals surface area contributed by atoms with Gasteiger partial charge in [0.1, 0.15) is 5.82 Å². The van der Waals surface area contributed by atoms with Crippen molar-refractivity contribution in [1.29, 1.82) is 5.41 Å². The summed E-state index contributed by atoms with van der Waals surface area (Å²) in [5.74, 6) is 0.441. The number of rotatable bonds is 6. The number of pyridine rings is 3. The first kappa shape index (κ1) is 20.8. The molecular formula is C25H25N7O. The number of likely N-dealkylation sites (tertiary alicyclic amines) is 1. The van der Waals surface area contributed by atoms with Gasteiger partial charge in [-0.2, -0.15) is 0 Å². The fourth-order valence-electron chi connectivity index (χ4n) is 4.29. The third-order valence-electron chi connectivity index (χ3n) is 5.95. The summed E-state index contributed by atoms with van der Waals surface area (Å²) < 4.78 is 0.